The van der Waals surface area contributed by atoms with Crippen molar-refractivity contribution in [1.29, 1.82) is 0 Å². The lowest BCUT2D eigenvalue weighted by Crippen LogP contribution is -2.19. The van der Waals surface area contributed by atoms with E-state index in [0.29, 0.717) is 6.04 Å². The van der Waals surface area contributed by atoms with Crippen LogP contribution in [0.25, 0.3) is 0 Å². The van der Waals surface area contributed by atoms with E-state index >= 15 is 0 Å². The normalized spacial score (nSPS) is 10.9. The molecular formula is C18H30BrNO. The number of methoxy groups -OCH3 is 1. The molecule has 0 aliphatic heterocycles. The molecule has 0 saturated carbocycles. The highest BCUT2D eigenvalue weighted by Crippen LogP contribution is 2.29. The fourth-order valence-corrected chi connectivity index (χ4v) is 2.89. The molecule has 0 amide bonds. The van der Waals surface area contributed by atoms with Crippen LogP contribution in [-0.4, -0.2) is 13.2 Å². The van der Waals surface area contributed by atoms with Gasteiger partial charge in [0.25, 0.3) is 0 Å². The number of halogens is 1. The third-order valence-electron chi connectivity index (χ3n) is 3.85. The average Bonchev–Trinajstić information content (AvgIpc) is 2.49. The highest BCUT2D eigenvalue weighted by atomic mass is 79.9. The second kappa shape index (κ2) is 10.9. The molecule has 120 valence electrons. The van der Waals surface area contributed by atoms with Crippen molar-refractivity contribution < 1.29 is 4.74 Å². The molecule has 0 bridgehead atoms. The highest BCUT2D eigenvalue weighted by Gasteiger charge is 2.11. The largest absolute Gasteiger partial charge is 0.497 e. The lowest BCUT2D eigenvalue weighted by molar-refractivity contribution is 0.415. The molecule has 0 radical (unpaired) electrons. The van der Waals surface area contributed by atoms with Gasteiger partial charge in [0.15, 0.2) is 0 Å². The van der Waals surface area contributed by atoms with Crippen LogP contribution in [0.4, 0.5) is 5.69 Å². The Kier molecular flexibility index (Phi) is 9.56. The number of ether oxygens (including phenoxy) is 1. The SMILES string of the molecule is CCCCCC(CCCCC)Nc1cc(OC)ccc1Br. The van der Waals surface area contributed by atoms with E-state index in [1.165, 1.54) is 51.4 Å². The van der Waals surface area contributed by atoms with Crippen LogP contribution in [0.2, 0.25) is 0 Å². The third kappa shape index (κ3) is 7.21. The second-order valence-electron chi connectivity index (χ2n) is 5.68. The quantitative estimate of drug-likeness (QED) is 0.463. The number of hydrogen-bond donors (Lipinski definition) is 1. The number of rotatable bonds is 11. The first-order valence-corrected chi connectivity index (χ1v) is 9.10. The fraction of sp³-hybridized carbons (Fsp3) is 0.667. The molecule has 0 atom stereocenters. The minimum Gasteiger partial charge on any atom is -0.497 e. The summed E-state index contributed by atoms with van der Waals surface area (Å²) < 4.78 is 6.44. The summed E-state index contributed by atoms with van der Waals surface area (Å²) in [6.07, 6.45) is 10.3. The zero-order valence-corrected chi connectivity index (χ0v) is 15.3. The Morgan fingerprint density at radius 1 is 1.05 bits per heavy atom. The summed E-state index contributed by atoms with van der Waals surface area (Å²) in [6, 6.07) is 6.68. The van der Waals surface area contributed by atoms with Crippen LogP contribution in [0.1, 0.15) is 65.2 Å². The maximum absolute atomic E-state index is 5.33. The molecule has 1 aromatic rings. The molecule has 1 aromatic carbocycles. The molecule has 0 heterocycles. The van der Waals surface area contributed by atoms with E-state index < -0.39 is 0 Å². The van der Waals surface area contributed by atoms with Crippen LogP contribution < -0.4 is 10.1 Å². The number of unbranched alkanes of at least 4 members (excludes halogenated alkanes) is 4. The molecule has 2 nitrogen and oxygen atoms in total. The van der Waals surface area contributed by atoms with Crippen molar-refractivity contribution in [2.75, 3.05) is 12.4 Å². The van der Waals surface area contributed by atoms with E-state index in [1.807, 2.05) is 6.07 Å². The summed E-state index contributed by atoms with van der Waals surface area (Å²) in [5.74, 6) is 0.904. The average molecular weight is 356 g/mol. The van der Waals surface area contributed by atoms with E-state index in [2.05, 4.69) is 47.2 Å². The second-order valence-corrected chi connectivity index (χ2v) is 6.53. The Morgan fingerprint density at radius 2 is 1.67 bits per heavy atom. The third-order valence-corrected chi connectivity index (χ3v) is 4.54. The number of hydrogen-bond acceptors (Lipinski definition) is 2. The van der Waals surface area contributed by atoms with E-state index in [-0.39, 0.29) is 0 Å². The number of benzene rings is 1. The Hall–Kier alpha value is -0.700. The molecular weight excluding hydrogens is 326 g/mol. The predicted octanol–water partition coefficient (Wildman–Crippen LogP) is 6.40. The van der Waals surface area contributed by atoms with E-state index in [0.717, 1.165) is 15.9 Å². The fourth-order valence-electron chi connectivity index (χ4n) is 2.53. The van der Waals surface area contributed by atoms with Crippen molar-refractivity contribution in [2.45, 2.75) is 71.3 Å². The van der Waals surface area contributed by atoms with Gasteiger partial charge in [0, 0.05) is 16.6 Å². The monoisotopic (exact) mass is 355 g/mol. The van der Waals surface area contributed by atoms with E-state index in [1.54, 1.807) is 7.11 Å². The van der Waals surface area contributed by atoms with Gasteiger partial charge in [-0.15, -0.1) is 0 Å². The molecule has 0 aromatic heterocycles. The summed E-state index contributed by atoms with van der Waals surface area (Å²) in [7, 11) is 1.72. The van der Waals surface area contributed by atoms with Gasteiger partial charge in [-0.1, -0.05) is 52.4 Å². The van der Waals surface area contributed by atoms with E-state index in [9.17, 15) is 0 Å². The first-order valence-electron chi connectivity index (χ1n) is 8.31. The van der Waals surface area contributed by atoms with Crippen molar-refractivity contribution in [1.82, 2.24) is 0 Å². The Balaban J connectivity index is 2.64. The maximum atomic E-state index is 5.33. The van der Waals surface area contributed by atoms with Crippen LogP contribution in [0.3, 0.4) is 0 Å². The Bertz CT molecular complexity index is 385. The van der Waals surface area contributed by atoms with Crippen molar-refractivity contribution in [3.63, 3.8) is 0 Å². The van der Waals surface area contributed by atoms with E-state index in [4.69, 9.17) is 4.74 Å². The minimum atomic E-state index is 0.562. The molecule has 1 N–H and O–H groups in total. The van der Waals surface area contributed by atoms with Gasteiger partial charge >= 0.3 is 0 Å². The van der Waals surface area contributed by atoms with Crippen molar-refractivity contribution in [2.24, 2.45) is 0 Å². The lowest BCUT2D eigenvalue weighted by Gasteiger charge is -2.21. The molecule has 0 fully saturated rings. The van der Waals surface area contributed by atoms with Crippen molar-refractivity contribution >= 4 is 21.6 Å². The first-order chi connectivity index (χ1) is 10.2. The zero-order chi connectivity index (χ0) is 15.5. The number of nitrogens with one attached hydrogen (secondary N) is 1. The molecule has 0 aliphatic rings. The van der Waals surface area contributed by atoms with Crippen molar-refractivity contribution in [3.05, 3.63) is 22.7 Å². The highest BCUT2D eigenvalue weighted by molar-refractivity contribution is 9.10. The first kappa shape index (κ1) is 18.3. The molecule has 0 saturated heterocycles. The summed E-state index contributed by atoms with van der Waals surface area (Å²) in [4.78, 5) is 0. The van der Waals surface area contributed by atoms with Crippen molar-refractivity contribution in [3.8, 4) is 5.75 Å². The molecule has 21 heavy (non-hydrogen) atoms. The van der Waals surface area contributed by atoms with Gasteiger partial charge < -0.3 is 10.1 Å². The van der Waals surface area contributed by atoms with Crippen LogP contribution in [0, 0.1) is 0 Å². The van der Waals surface area contributed by atoms with Gasteiger partial charge in [-0.2, -0.15) is 0 Å². The van der Waals surface area contributed by atoms with Crippen LogP contribution in [0.5, 0.6) is 5.75 Å². The van der Waals surface area contributed by atoms with Gasteiger partial charge in [0.1, 0.15) is 5.75 Å². The lowest BCUT2D eigenvalue weighted by atomic mass is 10.0. The molecule has 0 spiro atoms. The van der Waals surface area contributed by atoms with Gasteiger partial charge in [0.2, 0.25) is 0 Å². The molecule has 0 unspecified atom stereocenters. The number of anilines is 1. The van der Waals surface area contributed by atoms with Crippen LogP contribution in [-0.2, 0) is 0 Å². The predicted molar refractivity (Wildman–Crippen MR) is 96.4 cm³/mol. The minimum absolute atomic E-state index is 0.562. The topological polar surface area (TPSA) is 21.3 Å². The molecule has 0 aliphatic carbocycles. The molecule has 1 rings (SSSR count). The standard InChI is InChI=1S/C18H30BrNO/c1-4-6-8-10-15(11-9-7-5-2)20-18-14-16(21-3)12-13-17(18)19/h12-15,20H,4-11H2,1-3H3. The van der Waals surface area contributed by atoms with Gasteiger partial charge in [-0.05, 0) is 40.9 Å². The van der Waals surface area contributed by atoms with Gasteiger partial charge in [-0.25, -0.2) is 0 Å². The van der Waals surface area contributed by atoms with Crippen LogP contribution >= 0.6 is 15.9 Å². The summed E-state index contributed by atoms with van der Waals surface area (Å²) in [5, 5.41) is 3.71. The molecule has 3 heteroatoms. The maximum Gasteiger partial charge on any atom is 0.121 e. The summed E-state index contributed by atoms with van der Waals surface area (Å²) in [5.41, 5.74) is 1.15. The van der Waals surface area contributed by atoms with Gasteiger partial charge in [0.05, 0.1) is 12.8 Å². The summed E-state index contributed by atoms with van der Waals surface area (Å²) >= 11 is 3.63. The Labute approximate surface area is 138 Å². The zero-order valence-electron chi connectivity index (χ0n) is 13.8. The van der Waals surface area contributed by atoms with Crippen LogP contribution in [0.15, 0.2) is 22.7 Å². The smallest absolute Gasteiger partial charge is 0.121 e. The summed E-state index contributed by atoms with van der Waals surface area (Å²) in [6.45, 7) is 4.52. The Morgan fingerprint density at radius 3 is 2.19 bits per heavy atom. The van der Waals surface area contributed by atoms with Gasteiger partial charge in [-0.3, -0.25) is 0 Å².